The summed E-state index contributed by atoms with van der Waals surface area (Å²) in [6, 6.07) is 22.3. The van der Waals surface area contributed by atoms with E-state index >= 15 is 0 Å². The summed E-state index contributed by atoms with van der Waals surface area (Å²) in [7, 11) is 0. The average molecular weight is 373 g/mol. The number of aryl methyl sites for hydroxylation is 1. The fraction of sp³-hybridized carbons (Fsp3) is 0.0833. The molecule has 0 radical (unpaired) electrons. The van der Waals surface area contributed by atoms with E-state index < -0.39 is 0 Å². The number of benzene rings is 3. The fourth-order valence-electron chi connectivity index (χ4n) is 3.18. The van der Waals surface area contributed by atoms with Gasteiger partial charge in [-0.2, -0.15) is 0 Å². The second kappa shape index (κ2) is 6.79. The van der Waals surface area contributed by atoms with Crippen LogP contribution in [-0.2, 0) is 0 Å². The Labute approximate surface area is 162 Å². The van der Waals surface area contributed by atoms with Crippen molar-refractivity contribution in [1.29, 1.82) is 0 Å². The third-order valence-electron chi connectivity index (χ3n) is 4.44. The van der Waals surface area contributed by atoms with Gasteiger partial charge in [-0.15, -0.1) is 11.3 Å². The summed E-state index contributed by atoms with van der Waals surface area (Å²) >= 11 is 3.48. The standard InChI is InChI=1S/C24H20S2/c1-15(2)25-17(4)18-6-7-19-13-23-14-21(24-10-5-16(3)26-24)9-8-20(23)12-22(19)11-18/h5-14H,1,4H2,2-3H3. The van der Waals surface area contributed by atoms with Crippen molar-refractivity contribution in [3.05, 3.63) is 89.2 Å². The van der Waals surface area contributed by atoms with Crippen molar-refractivity contribution < 1.29 is 0 Å². The Morgan fingerprint density at radius 1 is 0.808 bits per heavy atom. The molecule has 4 rings (SSSR count). The lowest BCUT2D eigenvalue weighted by Gasteiger charge is -2.09. The van der Waals surface area contributed by atoms with Crippen LogP contribution < -0.4 is 0 Å². The first kappa shape index (κ1) is 17.1. The number of thiophene rings is 1. The molecule has 0 amide bonds. The largest absolute Gasteiger partial charge is 0.141 e. The van der Waals surface area contributed by atoms with E-state index in [0.717, 1.165) is 15.4 Å². The summed E-state index contributed by atoms with van der Waals surface area (Å²) in [5, 5.41) is 5.06. The van der Waals surface area contributed by atoms with E-state index in [0.29, 0.717) is 0 Å². The van der Waals surface area contributed by atoms with Crippen molar-refractivity contribution in [2.75, 3.05) is 0 Å². The van der Waals surface area contributed by atoms with Crippen LogP contribution in [0.2, 0.25) is 0 Å². The first-order valence-electron chi connectivity index (χ1n) is 8.57. The third kappa shape index (κ3) is 3.35. The Balaban J connectivity index is 1.79. The first-order valence-corrected chi connectivity index (χ1v) is 10.2. The van der Waals surface area contributed by atoms with Crippen LogP contribution >= 0.6 is 23.1 Å². The molecule has 1 aromatic heterocycles. The molecule has 0 N–H and O–H groups in total. The number of hydrogen-bond donors (Lipinski definition) is 0. The SMILES string of the molecule is C=C(C)SC(=C)c1ccc2cc3cc(-c4ccc(C)s4)ccc3cc2c1. The van der Waals surface area contributed by atoms with Gasteiger partial charge in [0.15, 0.2) is 0 Å². The Hall–Kier alpha value is -2.29. The molecule has 0 fully saturated rings. The van der Waals surface area contributed by atoms with Crippen LogP contribution in [0.5, 0.6) is 0 Å². The molecule has 4 aromatic rings. The Bertz CT molecular complexity index is 1160. The molecule has 0 nitrogen and oxygen atoms in total. The van der Waals surface area contributed by atoms with Crippen molar-refractivity contribution in [3.8, 4) is 10.4 Å². The minimum atomic E-state index is 1.04. The van der Waals surface area contributed by atoms with Gasteiger partial charge in [-0.3, -0.25) is 0 Å². The molecule has 0 atom stereocenters. The second-order valence-electron chi connectivity index (χ2n) is 6.61. The average Bonchev–Trinajstić information content (AvgIpc) is 3.05. The highest BCUT2D eigenvalue weighted by molar-refractivity contribution is 8.11. The van der Waals surface area contributed by atoms with Crippen molar-refractivity contribution in [2.24, 2.45) is 0 Å². The van der Waals surface area contributed by atoms with Gasteiger partial charge in [0, 0.05) is 14.7 Å². The Kier molecular flexibility index (Phi) is 4.47. The van der Waals surface area contributed by atoms with Gasteiger partial charge in [0.25, 0.3) is 0 Å². The summed E-state index contributed by atoms with van der Waals surface area (Å²) in [6.45, 7) is 12.3. The molecule has 0 saturated heterocycles. The van der Waals surface area contributed by atoms with E-state index in [1.807, 2.05) is 18.3 Å². The number of allylic oxidation sites excluding steroid dienone is 1. The molecule has 0 aliphatic carbocycles. The smallest absolute Gasteiger partial charge is 0.0345 e. The van der Waals surface area contributed by atoms with Crippen LogP contribution in [0.1, 0.15) is 17.4 Å². The maximum Gasteiger partial charge on any atom is 0.0345 e. The summed E-state index contributed by atoms with van der Waals surface area (Å²) in [4.78, 5) is 4.78. The molecular formula is C24H20S2. The van der Waals surface area contributed by atoms with E-state index in [4.69, 9.17) is 0 Å². The van der Waals surface area contributed by atoms with E-state index in [2.05, 4.69) is 80.7 Å². The van der Waals surface area contributed by atoms with Gasteiger partial charge >= 0.3 is 0 Å². The maximum absolute atomic E-state index is 4.18. The maximum atomic E-state index is 4.18. The fourth-order valence-corrected chi connectivity index (χ4v) is 4.71. The number of hydrogen-bond acceptors (Lipinski definition) is 2. The lowest BCUT2D eigenvalue weighted by atomic mass is 10.00. The summed E-state index contributed by atoms with van der Waals surface area (Å²) in [5.41, 5.74) is 2.45. The molecule has 0 bridgehead atoms. The molecule has 2 heteroatoms. The third-order valence-corrected chi connectivity index (χ3v) is 6.32. The van der Waals surface area contributed by atoms with Crippen LogP contribution in [0.3, 0.4) is 0 Å². The molecule has 0 saturated carbocycles. The van der Waals surface area contributed by atoms with Crippen LogP contribution in [0.15, 0.2) is 78.7 Å². The van der Waals surface area contributed by atoms with Crippen molar-refractivity contribution in [2.45, 2.75) is 13.8 Å². The van der Waals surface area contributed by atoms with Crippen molar-refractivity contribution in [3.63, 3.8) is 0 Å². The minimum absolute atomic E-state index is 1.04. The van der Waals surface area contributed by atoms with Gasteiger partial charge < -0.3 is 0 Å². The molecule has 0 spiro atoms. The van der Waals surface area contributed by atoms with Crippen LogP contribution in [0.4, 0.5) is 0 Å². The topological polar surface area (TPSA) is 0 Å². The van der Waals surface area contributed by atoms with E-state index in [-0.39, 0.29) is 0 Å². The first-order chi connectivity index (χ1) is 12.5. The van der Waals surface area contributed by atoms with E-state index in [9.17, 15) is 0 Å². The van der Waals surface area contributed by atoms with E-state index in [1.165, 1.54) is 36.9 Å². The highest BCUT2D eigenvalue weighted by atomic mass is 32.2. The molecule has 128 valence electrons. The zero-order valence-electron chi connectivity index (χ0n) is 15.0. The highest BCUT2D eigenvalue weighted by Crippen LogP contribution is 2.35. The number of thioether (sulfide) groups is 1. The van der Waals surface area contributed by atoms with Gasteiger partial charge in [-0.05, 0) is 87.8 Å². The normalized spacial score (nSPS) is 11.2. The Morgan fingerprint density at radius 3 is 2.15 bits per heavy atom. The molecule has 0 aliphatic heterocycles. The van der Waals surface area contributed by atoms with Crippen molar-refractivity contribution in [1.82, 2.24) is 0 Å². The second-order valence-corrected chi connectivity index (χ2v) is 9.30. The highest BCUT2D eigenvalue weighted by Gasteiger charge is 2.06. The molecule has 3 aromatic carbocycles. The monoisotopic (exact) mass is 372 g/mol. The van der Waals surface area contributed by atoms with Crippen molar-refractivity contribution >= 4 is 49.5 Å². The molecule has 0 aliphatic rings. The van der Waals surface area contributed by atoms with Gasteiger partial charge in [-0.1, -0.05) is 49.2 Å². The zero-order valence-corrected chi connectivity index (χ0v) is 16.6. The number of fused-ring (bicyclic) bond motifs is 2. The zero-order chi connectivity index (χ0) is 18.3. The van der Waals surface area contributed by atoms with E-state index in [1.54, 1.807) is 11.8 Å². The molecule has 26 heavy (non-hydrogen) atoms. The summed E-state index contributed by atoms with van der Waals surface area (Å²) in [5.74, 6) is 0. The van der Waals surface area contributed by atoms with Gasteiger partial charge in [0.1, 0.15) is 0 Å². The predicted octanol–water partition coefficient (Wildman–Crippen LogP) is 8.27. The van der Waals surface area contributed by atoms with Crippen LogP contribution in [-0.4, -0.2) is 0 Å². The van der Waals surface area contributed by atoms with Gasteiger partial charge in [0.2, 0.25) is 0 Å². The van der Waals surface area contributed by atoms with Crippen LogP contribution in [0.25, 0.3) is 36.9 Å². The quantitative estimate of drug-likeness (QED) is 0.325. The molecule has 0 unspecified atom stereocenters. The van der Waals surface area contributed by atoms with Gasteiger partial charge in [0.05, 0.1) is 0 Å². The molecular weight excluding hydrogens is 352 g/mol. The number of rotatable bonds is 4. The minimum Gasteiger partial charge on any atom is -0.141 e. The predicted molar refractivity (Wildman–Crippen MR) is 121 cm³/mol. The molecule has 1 heterocycles. The summed E-state index contributed by atoms with van der Waals surface area (Å²) in [6.07, 6.45) is 0. The lowest BCUT2D eigenvalue weighted by Crippen LogP contribution is -1.82. The van der Waals surface area contributed by atoms with Gasteiger partial charge in [-0.25, -0.2) is 0 Å². The van der Waals surface area contributed by atoms with Crippen LogP contribution in [0, 0.1) is 6.92 Å². The summed E-state index contributed by atoms with van der Waals surface area (Å²) < 4.78 is 0. The Morgan fingerprint density at radius 2 is 1.50 bits per heavy atom. The lowest BCUT2D eigenvalue weighted by molar-refractivity contribution is 1.64.